The number of carbonyl (C=O) groups excluding carboxylic acids is 1. The lowest BCUT2D eigenvalue weighted by atomic mass is 10.2. The van der Waals surface area contributed by atoms with Crippen LogP contribution in [-0.2, 0) is 0 Å². The Hall–Kier alpha value is -1.81. The molecule has 16 heavy (non-hydrogen) atoms. The maximum atomic E-state index is 12.0. The van der Waals surface area contributed by atoms with E-state index in [-0.39, 0.29) is 5.91 Å². The van der Waals surface area contributed by atoms with Gasteiger partial charge in [0.1, 0.15) is 0 Å². The monoisotopic (exact) mass is 232 g/mol. The largest absolute Gasteiger partial charge is 0.397 e. The molecule has 2 N–H and O–H groups in total. The van der Waals surface area contributed by atoms with Crippen molar-refractivity contribution in [2.24, 2.45) is 0 Å². The molecule has 1 heterocycles. The van der Waals surface area contributed by atoms with E-state index in [1.807, 2.05) is 35.7 Å². The highest BCUT2D eigenvalue weighted by Gasteiger charge is 2.15. The van der Waals surface area contributed by atoms with Crippen LogP contribution in [0.3, 0.4) is 0 Å². The molecule has 0 bridgehead atoms. The number of anilines is 2. The number of nitrogen functional groups attached to an aromatic ring is 1. The zero-order valence-corrected chi connectivity index (χ0v) is 9.70. The molecule has 1 amide bonds. The summed E-state index contributed by atoms with van der Waals surface area (Å²) in [6.45, 7) is 0. The first-order valence-electron chi connectivity index (χ1n) is 4.86. The zero-order valence-electron chi connectivity index (χ0n) is 8.88. The summed E-state index contributed by atoms with van der Waals surface area (Å²) in [6, 6.07) is 11.0. The molecule has 82 valence electrons. The maximum Gasteiger partial charge on any atom is 0.268 e. The van der Waals surface area contributed by atoms with E-state index in [1.54, 1.807) is 18.0 Å². The molecule has 3 nitrogen and oxygen atoms in total. The first kappa shape index (κ1) is 10.7. The van der Waals surface area contributed by atoms with Gasteiger partial charge in [-0.05, 0) is 23.6 Å². The minimum Gasteiger partial charge on any atom is -0.397 e. The highest BCUT2D eigenvalue weighted by molar-refractivity contribution is 7.12. The van der Waals surface area contributed by atoms with Gasteiger partial charge < -0.3 is 10.6 Å². The summed E-state index contributed by atoms with van der Waals surface area (Å²) >= 11 is 1.43. The molecule has 4 heteroatoms. The molecule has 0 unspecified atom stereocenters. The standard InChI is InChI=1S/C12H12N2OS/c1-14(10-6-3-2-5-9(10)13)12(15)11-7-4-8-16-11/h2-8H,13H2,1H3. The molecule has 0 saturated heterocycles. The van der Waals surface area contributed by atoms with Crippen LogP contribution in [0.2, 0.25) is 0 Å². The first-order chi connectivity index (χ1) is 7.70. The Labute approximate surface area is 98.1 Å². The highest BCUT2D eigenvalue weighted by Crippen LogP contribution is 2.23. The van der Waals surface area contributed by atoms with Crippen LogP contribution in [0.4, 0.5) is 11.4 Å². The van der Waals surface area contributed by atoms with Crippen LogP contribution in [0.1, 0.15) is 9.67 Å². The Bertz CT molecular complexity index is 493. The molecule has 0 saturated carbocycles. The van der Waals surface area contributed by atoms with E-state index in [0.717, 1.165) is 5.69 Å². The fourth-order valence-corrected chi connectivity index (χ4v) is 2.17. The molecular weight excluding hydrogens is 220 g/mol. The first-order valence-corrected chi connectivity index (χ1v) is 5.74. The molecular formula is C12H12N2OS. The second-order valence-electron chi connectivity index (χ2n) is 3.40. The third-order valence-electron chi connectivity index (χ3n) is 2.33. The maximum absolute atomic E-state index is 12.0. The summed E-state index contributed by atoms with van der Waals surface area (Å²) in [5, 5.41) is 1.88. The molecule has 0 aliphatic heterocycles. The van der Waals surface area contributed by atoms with Gasteiger partial charge in [0.25, 0.3) is 5.91 Å². The SMILES string of the molecule is CN(C(=O)c1cccs1)c1ccccc1N. The summed E-state index contributed by atoms with van der Waals surface area (Å²) in [5.41, 5.74) is 7.17. The number of hydrogen-bond donors (Lipinski definition) is 1. The Morgan fingerprint density at radius 2 is 2.00 bits per heavy atom. The molecule has 0 atom stereocenters. The second-order valence-corrected chi connectivity index (χ2v) is 4.35. The van der Waals surface area contributed by atoms with Gasteiger partial charge in [-0.25, -0.2) is 0 Å². The van der Waals surface area contributed by atoms with E-state index >= 15 is 0 Å². The van der Waals surface area contributed by atoms with E-state index in [1.165, 1.54) is 11.3 Å². The number of nitrogens with zero attached hydrogens (tertiary/aromatic N) is 1. The third-order valence-corrected chi connectivity index (χ3v) is 3.19. The van der Waals surface area contributed by atoms with Gasteiger partial charge in [-0.3, -0.25) is 4.79 Å². The summed E-state index contributed by atoms with van der Waals surface area (Å²) in [6.07, 6.45) is 0. The van der Waals surface area contributed by atoms with Crippen molar-refractivity contribution in [1.29, 1.82) is 0 Å². The topological polar surface area (TPSA) is 46.3 Å². The van der Waals surface area contributed by atoms with Crippen LogP contribution < -0.4 is 10.6 Å². The molecule has 2 aromatic rings. The van der Waals surface area contributed by atoms with Gasteiger partial charge in [0.2, 0.25) is 0 Å². The number of nitrogens with two attached hydrogens (primary N) is 1. The number of carbonyl (C=O) groups is 1. The van der Waals surface area contributed by atoms with Crippen LogP contribution in [0.15, 0.2) is 41.8 Å². The molecule has 0 radical (unpaired) electrons. The fourth-order valence-electron chi connectivity index (χ4n) is 1.47. The number of rotatable bonds is 2. The smallest absolute Gasteiger partial charge is 0.268 e. The number of thiophene rings is 1. The number of para-hydroxylation sites is 2. The van der Waals surface area contributed by atoms with Gasteiger partial charge in [0.15, 0.2) is 0 Å². The second kappa shape index (κ2) is 4.37. The van der Waals surface area contributed by atoms with Crippen LogP contribution in [0.5, 0.6) is 0 Å². The van der Waals surface area contributed by atoms with Crippen LogP contribution in [0, 0.1) is 0 Å². The summed E-state index contributed by atoms with van der Waals surface area (Å²) in [4.78, 5) is 14.3. The van der Waals surface area contributed by atoms with E-state index in [2.05, 4.69) is 0 Å². The summed E-state index contributed by atoms with van der Waals surface area (Å²) in [5.74, 6) is -0.0344. The van der Waals surface area contributed by atoms with Crippen molar-refractivity contribution < 1.29 is 4.79 Å². The fraction of sp³-hybridized carbons (Fsp3) is 0.0833. The average molecular weight is 232 g/mol. The van der Waals surface area contributed by atoms with Crippen LogP contribution >= 0.6 is 11.3 Å². The van der Waals surface area contributed by atoms with E-state index in [4.69, 9.17) is 5.73 Å². The number of hydrogen-bond acceptors (Lipinski definition) is 3. The van der Waals surface area contributed by atoms with Crippen LogP contribution in [-0.4, -0.2) is 13.0 Å². The lowest BCUT2D eigenvalue weighted by Crippen LogP contribution is -2.26. The molecule has 0 aliphatic rings. The van der Waals surface area contributed by atoms with Gasteiger partial charge in [0.05, 0.1) is 16.3 Å². The molecule has 1 aromatic heterocycles. The van der Waals surface area contributed by atoms with E-state index in [0.29, 0.717) is 10.6 Å². The Balaban J connectivity index is 2.30. The van der Waals surface area contributed by atoms with Crippen molar-refractivity contribution in [3.8, 4) is 0 Å². The van der Waals surface area contributed by atoms with Crippen molar-refractivity contribution in [2.45, 2.75) is 0 Å². The van der Waals surface area contributed by atoms with Gasteiger partial charge in [-0.2, -0.15) is 0 Å². The zero-order chi connectivity index (χ0) is 11.5. The molecule has 0 fully saturated rings. The average Bonchev–Trinajstić information content (AvgIpc) is 2.81. The lowest BCUT2D eigenvalue weighted by molar-refractivity contribution is 0.0997. The predicted octanol–water partition coefficient (Wildman–Crippen LogP) is 2.61. The van der Waals surface area contributed by atoms with Crippen LogP contribution in [0.25, 0.3) is 0 Å². The van der Waals surface area contributed by atoms with Gasteiger partial charge in [0, 0.05) is 7.05 Å². The quantitative estimate of drug-likeness (QED) is 0.809. The van der Waals surface area contributed by atoms with Crippen molar-refractivity contribution in [3.05, 3.63) is 46.7 Å². The summed E-state index contributed by atoms with van der Waals surface area (Å²) < 4.78 is 0. The minimum absolute atomic E-state index is 0.0344. The van der Waals surface area contributed by atoms with Crippen molar-refractivity contribution in [2.75, 3.05) is 17.7 Å². The van der Waals surface area contributed by atoms with Gasteiger partial charge in [-0.15, -0.1) is 11.3 Å². The third kappa shape index (κ3) is 1.92. The Kier molecular flexibility index (Phi) is 2.92. The highest BCUT2D eigenvalue weighted by atomic mass is 32.1. The number of benzene rings is 1. The van der Waals surface area contributed by atoms with Gasteiger partial charge in [-0.1, -0.05) is 18.2 Å². The lowest BCUT2D eigenvalue weighted by Gasteiger charge is -2.18. The molecule has 2 rings (SSSR count). The van der Waals surface area contributed by atoms with Gasteiger partial charge >= 0.3 is 0 Å². The summed E-state index contributed by atoms with van der Waals surface area (Å²) in [7, 11) is 1.73. The molecule has 0 spiro atoms. The molecule has 1 aromatic carbocycles. The normalized spacial score (nSPS) is 10.1. The van der Waals surface area contributed by atoms with Crippen molar-refractivity contribution in [1.82, 2.24) is 0 Å². The van der Waals surface area contributed by atoms with Crippen molar-refractivity contribution in [3.63, 3.8) is 0 Å². The molecule has 0 aliphatic carbocycles. The van der Waals surface area contributed by atoms with E-state index in [9.17, 15) is 4.79 Å². The Morgan fingerprint density at radius 1 is 1.25 bits per heavy atom. The van der Waals surface area contributed by atoms with E-state index < -0.39 is 0 Å². The van der Waals surface area contributed by atoms with Crippen molar-refractivity contribution >= 4 is 28.6 Å². The minimum atomic E-state index is -0.0344. The number of amides is 1. The predicted molar refractivity (Wildman–Crippen MR) is 67.9 cm³/mol. The Morgan fingerprint density at radius 3 is 2.62 bits per heavy atom.